The fraction of sp³-hybridized carbons (Fsp3) is 0.310. The van der Waals surface area contributed by atoms with Crippen LogP contribution in [0.2, 0.25) is 0 Å². The Labute approximate surface area is 243 Å². The molecule has 12 nitrogen and oxygen atoms in total. The first-order valence-electron chi connectivity index (χ1n) is 15.7. The number of ether oxygens (including phenoxy) is 1. The number of esters is 1. The van der Waals surface area contributed by atoms with Crippen molar-refractivity contribution in [3.8, 4) is 22.5 Å². The fourth-order valence-corrected chi connectivity index (χ4v) is 4.43. The quantitative estimate of drug-likeness (QED) is 0.235. The maximum atomic E-state index is 13.7. The highest BCUT2D eigenvalue weighted by Gasteiger charge is 2.33. The molecule has 212 valence electrons. The van der Waals surface area contributed by atoms with Crippen molar-refractivity contribution >= 4 is 5.97 Å². The predicted octanol–water partition coefficient (Wildman–Crippen LogP) is 4.17. The summed E-state index contributed by atoms with van der Waals surface area (Å²) in [5.41, 5.74) is -1.98. The van der Waals surface area contributed by atoms with Gasteiger partial charge < -0.3 is 23.2 Å². The monoisotopic (exact) mass is 564 g/mol. The first-order valence-corrected chi connectivity index (χ1v) is 12.7. The molecular weight excluding hydrogens is 528 g/mol. The van der Waals surface area contributed by atoms with E-state index in [1.54, 1.807) is 12.1 Å². The molecule has 5 rings (SSSR count). The first kappa shape index (κ1) is 21.0. The Morgan fingerprint density at radius 2 is 1.90 bits per heavy atom. The van der Waals surface area contributed by atoms with Crippen molar-refractivity contribution in [2.24, 2.45) is 0 Å². The van der Waals surface area contributed by atoms with Crippen LogP contribution < -0.4 is 5.82 Å². The van der Waals surface area contributed by atoms with Crippen molar-refractivity contribution in [3.05, 3.63) is 93.4 Å². The van der Waals surface area contributed by atoms with Gasteiger partial charge in [0.2, 0.25) is 5.82 Å². The second kappa shape index (κ2) is 11.3. The largest absolute Gasteiger partial charge is 0.519 e. The Morgan fingerprint density at radius 3 is 2.54 bits per heavy atom. The molecule has 12 heteroatoms. The molecular formula is C29H30N6O6. The lowest BCUT2D eigenvalue weighted by Crippen LogP contribution is -2.23. The van der Waals surface area contributed by atoms with Gasteiger partial charge >= 0.3 is 11.8 Å². The van der Waals surface area contributed by atoms with E-state index in [4.69, 9.17) is 21.8 Å². The predicted molar refractivity (Wildman–Crippen MR) is 147 cm³/mol. The normalized spacial score (nSPS) is 14.4. The van der Waals surface area contributed by atoms with Gasteiger partial charge in [-0.15, -0.1) is 10.2 Å². The van der Waals surface area contributed by atoms with Gasteiger partial charge in [-0.3, -0.25) is 0 Å². The number of nitrogens with one attached hydrogen (secondary N) is 1. The summed E-state index contributed by atoms with van der Waals surface area (Å²) in [6.07, 6.45) is 0.681. The van der Waals surface area contributed by atoms with Gasteiger partial charge in [0.25, 0.3) is 0 Å². The molecule has 2 aromatic carbocycles. The number of aliphatic hydroxyl groups is 1. The van der Waals surface area contributed by atoms with Gasteiger partial charge in [0, 0.05) is 26.8 Å². The van der Waals surface area contributed by atoms with Gasteiger partial charge in [0.15, 0.2) is 23.8 Å². The van der Waals surface area contributed by atoms with Crippen LogP contribution in [0.4, 0.5) is 0 Å². The minimum absolute atomic E-state index is 0.0469. The van der Waals surface area contributed by atoms with E-state index in [0.717, 1.165) is 16.7 Å². The summed E-state index contributed by atoms with van der Waals surface area (Å²) >= 11 is 0. The zero-order valence-electron chi connectivity index (χ0n) is 28.2. The average Bonchev–Trinajstić information content (AvgIpc) is 3.74. The molecule has 0 aliphatic heterocycles. The highest BCUT2D eigenvalue weighted by molar-refractivity contribution is 5.89. The van der Waals surface area contributed by atoms with Crippen LogP contribution in [-0.2, 0) is 29.9 Å². The van der Waals surface area contributed by atoms with Crippen LogP contribution >= 0.6 is 0 Å². The Morgan fingerprint density at radius 1 is 1.15 bits per heavy atom. The number of hydrogen-bond acceptors (Lipinski definition) is 10. The SMILES string of the molecule is [2H]C([2H])([2H])C(O)(c1nc(CCC)n(Cc2ccc(-c3ccccc3-c3nn[nH]n3)cc2)c1C(=O)OCc1oc(=O)oc1C)C([2H])([2H])[2H]. The summed E-state index contributed by atoms with van der Waals surface area (Å²) in [5, 5.41) is 25.7. The van der Waals surface area contributed by atoms with Crippen LogP contribution in [-0.4, -0.2) is 41.3 Å². The van der Waals surface area contributed by atoms with E-state index in [2.05, 4.69) is 25.6 Å². The van der Waals surface area contributed by atoms with E-state index in [0.29, 0.717) is 17.8 Å². The van der Waals surface area contributed by atoms with Crippen LogP contribution in [0.1, 0.15) is 74.4 Å². The number of aromatic amines is 1. The molecule has 0 fully saturated rings. The number of rotatable bonds is 10. The number of tetrazole rings is 1. The van der Waals surface area contributed by atoms with Crippen molar-refractivity contribution in [1.82, 2.24) is 30.2 Å². The number of carbonyl (C=O) groups excluding carboxylic acids is 1. The van der Waals surface area contributed by atoms with E-state index in [1.807, 2.05) is 43.3 Å². The molecule has 0 aliphatic carbocycles. The van der Waals surface area contributed by atoms with Crippen molar-refractivity contribution in [2.75, 3.05) is 0 Å². The van der Waals surface area contributed by atoms with Crippen LogP contribution in [0, 0.1) is 6.92 Å². The second-order valence-corrected chi connectivity index (χ2v) is 9.26. The van der Waals surface area contributed by atoms with Crippen molar-refractivity contribution in [2.45, 2.75) is 59.1 Å². The van der Waals surface area contributed by atoms with Crippen LogP contribution in [0.15, 0.2) is 62.2 Å². The van der Waals surface area contributed by atoms with E-state index >= 15 is 0 Å². The smallest absolute Gasteiger partial charge is 0.453 e. The van der Waals surface area contributed by atoms with E-state index in [9.17, 15) is 14.7 Å². The Balaban J connectivity index is 1.60. The lowest BCUT2D eigenvalue weighted by Gasteiger charge is -2.17. The average molecular weight is 565 g/mol. The number of nitrogens with zero attached hydrogens (tertiary/aromatic N) is 5. The summed E-state index contributed by atoms with van der Waals surface area (Å²) in [6.45, 7) is -4.50. The van der Waals surface area contributed by atoms with Crippen LogP contribution in [0.5, 0.6) is 0 Å². The molecule has 41 heavy (non-hydrogen) atoms. The van der Waals surface area contributed by atoms with Crippen molar-refractivity contribution in [1.29, 1.82) is 0 Å². The highest BCUT2D eigenvalue weighted by atomic mass is 16.6. The third-order valence-electron chi connectivity index (χ3n) is 6.35. The highest BCUT2D eigenvalue weighted by Crippen LogP contribution is 2.31. The molecule has 0 spiro atoms. The standard InChI is InChI=1S/C29H30N6O6/c1-5-8-23-30-25(29(3,4)38)24(27(36)39-16-22-17(2)40-28(37)41-22)35(23)15-18-11-13-19(14-12-18)20-9-6-7-10-21(20)26-31-33-34-32-26/h6-7,9-14,38H,5,8,15-16H2,1-4H3,(H,31,32,33,34)/i3D3,4D3. The molecule has 0 aliphatic rings. The van der Waals surface area contributed by atoms with Gasteiger partial charge in [-0.1, -0.05) is 55.5 Å². The molecule has 3 aromatic heterocycles. The van der Waals surface area contributed by atoms with Crippen LogP contribution in [0.3, 0.4) is 0 Å². The minimum Gasteiger partial charge on any atom is -0.453 e. The number of aromatic nitrogens is 6. The van der Waals surface area contributed by atoms with E-state index in [-0.39, 0.29) is 30.3 Å². The molecule has 3 heterocycles. The molecule has 0 atom stereocenters. The van der Waals surface area contributed by atoms with Gasteiger partial charge in [-0.05, 0) is 49.0 Å². The number of benzene rings is 2. The van der Waals surface area contributed by atoms with Gasteiger partial charge in [-0.25, -0.2) is 14.6 Å². The number of H-pyrrole nitrogens is 1. The summed E-state index contributed by atoms with van der Waals surface area (Å²) in [7, 11) is 0. The fourth-order valence-electron chi connectivity index (χ4n) is 4.43. The summed E-state index contributed by atoms with van der Waals surface area (Å²) in [4.78, 5) is 29.5. The Kier molecular flexibility index (Phi) is 5.80. The molecule has 2 N–H and O–H groups in total. The number of hydrogen-bond donors (Lipinski definition) is 2. The van der Waals surface area contributed by atoms with Gasteiger partial charge in [0.1, 0.15) is 17.1 Å². The maximum Gasteiger partial charge on any atom is 0.519 e. The minimum atomic E-state index is -3.54. The summed E-state index contributed by atoms with van der Waals surface area (Å²) < 4.78 is 64.4. The topological polar surface area (TPSA) is 162 Å². The number of carbonyl (C=O) groups is 1. The van der Waals surface area contributed by atoms with Crippen molar-refractivity contribution < 1.29 is 31.7 Å². The van der Waals surface area contributed by atoms with Crippen molar-refractivity contribution in [3.63, 3.8) is 0 Å². The molecule has 0 amide bonds. The molecule has 0 saturated heterocycles. The molecule has 0 bridgehead atoms. The Hall–Kier alpha value is -4.84. The van der Waals surface area contributed by atoms with E-state index < -0.39 is 49.1 Å². The first-order chi connectivity index (χ1) is 22.2. The lowest BCUT2D eigenvalue weighted by atomic mass is 9.98. The number of aryl methyl sites for hydroxylation is 2. The Bertz CT molecular complexity index is 1910. The zero-order chi connectivity index (χ0) is 34.1. The third kappa shape index (κ3) is 5.87. The number of imidazole rings is 1. The lowest BCUT2D eigenvalue weighted by molar-refractivity contribution is 0.0395. The third-order valence-corrected chi connectivity index (χ3v) is 6.35. The van der Waals surface area contributed by atoms with Crippen LogP contribution in [0.25, 0.3) is 22.5 Å². The molecule has 0 radical (unpaired) electrons. The molecule has 0 saturated carbocycles. The maximum absolute atomic E-state index is 13.7. The second-order valence-electron chi connectivity index (χ2n) is 9.26. The van der Waals surface area contributed by atoms with Gasteiger partial charge in [-0.2, -0.15) is 5.21 Å². The van der Waals surface area contributed by atoms with Gasteiger partial charge in [0.05, 0.1) is 0 Å². The molecule has 0 unspecified atom stereocenters. The summed E-state index contributed by atoms with van der Waals surface area (Å²) in [5.74, 6) is -1.72. The molecule has 5 aromatic rings. The van der Waals surface area contributed by atoms with E-state index in [1.165, 1.54) is 11.5 Å². The zero-order valence-corrected chi connectivity index (χ0v) is 22.2. The summed E-state index contributed by atoms with van der Waals surface area (Å²) in [6, 6.07) is 14.7.